The third-order valence-corrected chi connectivity index (χ3v) is 7.07. The zero-order valence-corrected chi connectivity index (χ0v) is 21.4. The van der Waals surface area contributed by atoms with Crippen molar-refractivity contribution in [2.45, 2.75) is 12.6 Å². The maximum absolute atomic E-state index is 14.3. The molecule has 1 aromatic heterocycles. The third kappa shape index (κ3) is 4.47. The molecule has 0 bridgehead atoms. The number of phenols is 1. The fourth-order valence-electron chi connectivity index (χ4n) is 5.21. The van der Waals surface area contributed by atoms with Gasteiger partial charge < -0.3 is 10.2 Å². The van der Waals surface area contributed by atoms with Gasteiger partial charge in [-0.2, -0.15) is 5.10 Å². The number of carboxylic acid groups (broad SMARTS) is 1. The van der Waals surface area contributed by atoms with Gasteiger partial charge in [0.05, 0.1) is 23.2 Å². The van der Waals surface area contributed by atoms with Crippen molar-refractivity contribution in [3.63, 3.8) is 0 Å². The van der Waals surface area contributed by atoms with Crippen LogP contribution in [0.4, 0.5) is 11.4 Å². The Morgan fingerprint density at radius 1 is 0.927 bits per heavy atom. The first-order valence-corrected chi connectivity index (χ1v) is 12.7. The minimum atomic E-state index is -1.35. The van der Waals surface area contributed by atoms with Crippen LogP contribution in [-0.2, 0) is 6.54 Å². The molecule has 1 atom stereocenters. The number of aromatic hydroxyl groups is 1. The van der Waals surface area contributed by atoms with E-state index in [2.05, 4.69) is 0 Å². The van der Waals surface area contributed by atoms with Crippen LogP contribution in [0.15, 0.2) is 103 Å². The smallest absolute Gasteiger partial charge is 0.339 e. The van der Waals surface area contributed by atoms with Gasteiger partial charge >= 0.3 is 5.97 Å². The van der Waals surface area contributed by atoms with E-state index < -0.39 is 28.6 Å². The highest BCUT2D eigenvalue weighted by Crippen LogP contribution is 2.46. The highest BCUT2D eigenvalue weighted by Gasteiger charge is 2.45. The molecule has 0 radical (unpaired) electrons. The lowest BCUT2D eigenvalue weighted by Gasteiger charge is -2.27. The average molecular weight is 547 g/mol. The number of carbonyl (C=O) groups is 2. The van der Waals surface area contributed by atoms with Crippen molar-refractivity contribution in [2.75, 3.05) is 4.90 Å². The minimum Gasteiger partial charge on any atom is -0.507 e. The average Bonchev–Trinajstić information content (AvgIpc) is 3.50. The number of anilines is 1. The number of aromatic nitrogens is 2. The van der Waals surface area contributed by atoms with Crippen LogP contribution in [0.3, 0.4) is 0 Å². The van der Waals surface area contributed by atoms with E-state index >= 15 is 0 Å². The Hall–Kier alpha value is -5.77. The topological polar surface area (TPSA) is 139 Å². The number of non-ortho nitro benzene ring substituents is 1. The zero-order chi connectivity index (χ0) is 28.7. The van der Waals surface area contributed by atoms with E-state index in [1.807, 2.05) is 60.7 Å². The van der Waals surface area contributed by atoms with E-state index in [1.165, 1.54) is 35.2 Å². The summed E-state index contributed by atoms with van der Waals surface area (Å²) in [4.78, 5) is 38.5. The Kier molecular flexibility index (Phi) is 6.27. The highest BCUT2D eigenvalue weighted by atomic mass is 16.6. The molecule has 5 aromatic rings. The minimum absolute atomic E-state index is 0.106. The number of carbonyl (C=O) groups excluding carboxylic acids is 1. The predicted octanol–water partition coefficient (Wildman–Crippen LogP) is 5.66. The lowest BCUT2D eigenvalue weighted by Crippen LogP contribution is -2.30. The van der Waals surface area contributed by atoms with Gasteiger partial charge in [-0.3, -0.25) is 24.5 Å². The highest BCUT2D eigenvalue weighted by molar-refractivity contribution is 6.12. The van der Waals surface area contributed by atoms with Crippen LogP contribution < -0.4 is 4.90 Å². The molecule has 1 amide bonds. The SMILES string of the molecule is O=C(O)c1cc(N2C(=O)c3c(c(-c4ccccc4)nn3Cc3ccccc3)C2c2ccc([N+](=O)[O-])cc2)ccc1O. The van der Waals surface area contributed by atoms with Crippen molar-refractivity contribution in [2.24, 2.45) is 0 Å². The van der Waals surface area contributed by atoms with Crippen molar-refractivity contribution >= 4 is 23.3 Å². The summed E-state index contributed by atoms with van der Waals surface area (Å²) in [6, 6.07) is 28.0. The number of nitrogens with zero attached hydrogens (tertiary/aromatic N) is 4. The number of hydrogen-bond donors (Lipinski definition) is 2. The van der Waals surface area contributed by atoms with Crippen LogP contribution in [0.5, 0.6) is 5.75 Å². The molecule has 0 fully saturated rings. The fraction of sp³-hybridized carbons (Fsp3) is 0.0645. The molecule has 2 N–H and O–H groups in total. The number of carboxylic acids is 1. The molecule has 0 saturated carbocycles. The van der Waals surface area contributed by atoms with E-state index in [0.717, 1.165) is 11.1 Å². The van der Waals surface area contributed by atoms with Gasteiger partial charge in [-0.15, -0.1) is 0 Å². The molecule has 2 heterocycles. The van der Waals surface area contributed by atoms with Crippen LogP contribution in [0.2, 0.25) is 0 Å². The summed E-state index contributed by atoms with van der Waals surface area (Å²) >= 11 is 0. The molecule has 10 nitrogen and oxygen atoms in total. The largest absolute Gasteiger partial charge is 0.507 e. The number of amides is 1. The van der Waals surface area contributed by atoms with Gasteiger partial charge in [0.2, 0.25) is 0 Å². The van der Waals surface area contributed by atoms with Gasteiger partial charge in [0, 0.05) is 28.9 Å². The monoisotopic (exact) mass is 546 g/mol. The normalized spacial score (nSPS) is 14.2. The first-order valence-electron chi connectivity index (χ1n) is 12.7. The summed E-state index contributed by atoms with van der Waals surface area (Å²) in [5.74, 6) is -2.20. The molecule has 41 heavy (non-hydrogen) atoms. The van der Waals surface area contributed by atoms with Crippen molar-refractivity contribution in [3.05, 3.63) is 141 Å². The molecule has 1 aliphatic heterocycles. The summed E-state index contributed by atoms with van der Waals surface area (Å²) in [6.07, 6.45) is 0. The number of nitro benzene ring substituents is 1. The molecule has 202 valence electrons. The Morgan fingerprint density at radius 2 is 1.59 bits per heavy atom. The van der Waals surface area contributed by atoms with Crippen molar-refractivity contribution < 1.29 is 24.7 Å². The number of benzene rings is 4. The van der Waals surface area contributed by atoms with Gasteiger partial charge in [0.15, 0.2) is 0 Å². The van der Waals surface area contributed by atoms with Gasteiger partial charge in [-0.1, -0.05) is 60.7 Å². The summed E-state index contributed by atoms with van der Waals surface area (Å²) < 4.78 is 1.65. The lowest BCUT2D eigenvalue weighted by atomic mass is 9.95. The van der Waals surface area contributed by atoms with Crippen molar-refractivity contribution in [1.82, 2.24) is 9.78 Å². The summed E-state index contributed by atoms with van der Waals surface area (Å²) in [7, 11) is 0. The molecular weight excluding hydrogens is 524 g/mol. The molecule has 10 heteroatoms. The zero-order valence-electron chi connectivity index (χ0n) is 21.4. The molecular formula is C31H22N4O6. The summed E-state index contributed by atoms with van der Waals surface area (Å²) in [6.45, 7) is 0.304. The van der Waals surface area contributed by atoms with Crippen LogP contribution >= 0.6 is 0 Å². The Labute approximate surface area is 233 Å². The summed E-state index contributed by atoms with van der Waals surface area (Å²) in [5, 5.41) is 36.1. The fourth-order valence-corrected chi connectivity index (χ4v) is 5.21. The second-order valence-corrected chi connectivity index (χ2v) is 9.55. The molecule has 0 aliphatic carbocycles. The maximum atomic E-state index is 14.3. The van der Waals surface area contributed by atoms with Gasteiger partial charge in [-0.25, -0.2) is 4.79 Å². The molecule has 1 unspecified atom stereocenters. The Bertz CT molecular complexity index is 1800. The summed E-state index contributed by atoms with van der Waals surface area (Å²) in [5.41, 5.74) is 3.53. The second kappa shape index (κ2) is 10.1. The second-order valence-electron chi connectivity index (χ2n) is 9.55. The van der Waals surface area contributed by atoms with Crippen LogP contribution in [0.1, 0.15) is 43.6 Å². The van der Waals surface area contributed by atoms with Gasteiger partial charge in [0.25, 0.3) is 11.6 Å². The standard InChI is InChI=1S/C31H22N4O6/c36-25-16-15-23(17-24(25)31(38)39)34-28(21-11-13-22(14-12-21)35(40)41)26-27(20-9-5-2-6-10-20)32-33(29(26)30(34)37)18-19-7-3-1-4-8-19/h1-17,28,36H,18H2,(H,38,39). The first-order chi connectivity index (χ1) is 19.8. The van der Waals surface area contributed by atoms with Gasteiger partial charge in [0.1, 0.15) is 17.0 Å². The Balaban J connectivity index is 1.61. The number of fused-ring (bicyclic) bond motifs is 1. The number of rotatable bonds is 7. The lowest BCUT2D eigenvalue weighted by molar-refractivity contribution is -0.384. The number of hydrogen-bond acceptors (Lipinski definition) is 6. The molecule has 1 aliphatic rings. The molecule has 0 saturated heterocycles. The van der Waals surface area contributed by atoms with Crippen molar-refractivity contribution in [3.8, 4) is 17.0 Å². The van der Waals surface area contributed by atoms with E-state index in [-0.39, 0.29) is 16.9 Å². The predicted molar refractivity (Wildman–Crippen MR) is 150 cm³/mol. The van der Waals surface area contributed by atoms with Crippen LogP contribution in [-0.4, -0.2) is 36.8 Å². The van der Waals surface area contributed by atoms with E-state index in [1.54, 1.807) is 16.8 Å². The van der Waals surface area contributed by atoms with Crippen LogP contribution in [0.25, 0.3) is 11.3 Å². The molecule has 4 aromatic carbocycles. The van der Waals surface area contributed by atoms with Crippen LogP contribution in [0, 0.1) is 10.1 Å². The Morgan fingerprint density at radius 3 is 2.22 bits per heavy atom. The third-order valence-electron chi connectivity index (χ3n) is 7.07. The van der Waals surface area contributed by atoms with E-state index in [9.17, 15) is 29.9 Å². The van der Waals surface area contributed by atoms with Crippen molar-refractivity contribution in [1.29, 1.82) is 0 Å². The maximum Gasteiger partial charge on any atom is 0.339 e. The van der Waals surface area contributed by atoms with Gasteiger partial charge in [-0.05, 0) is 41.5 Å². The number of aromatic carboxylic acids is 1. The number of nitro groups is 1. The quantitative estimate of drug-likeness (QED) is 0.198. The van der Waals surface area contributed by atoms with E-state index in [0.29, 0.717) is 29.1 Å². The first kappa shape index (κ1) is 25.5. The molecule has 6 rings (SSSR count). The van der Waals surface area contributed by atoms with E-state index in [4.69, 9.17) is 5.10 Å². The molecule has 0 spiro atoms.